The van der Waals surface area contributed by atoms with Crippen molar-refractivity contribution >= 4 is 11.9 Å². The maximum atomic E-state index is 4.74. The van der Waals surface area contributed by atoms with Crippen LogP contribution in [0.4, 0.5) is 11.9 Å². The minimum Gasteiger partial charge on any atom is -0.354 e. The van der Waals surface area contributed by atoms with Crippen molar-refractivity contribution < 1.29 is 0 Å². The average molecular weight is 329 g/mol. The Bertz CT molecular complexity index is 640. The van der Waals surface area contributed by atoms with E-state index >= 15 is 0 Å². The van der Waals surface area contributed by atoms with E-state index in [1.807, 2.05) is 19.0 Å². The van der Waals surface area contributed by atoms with Crippen molar-refractivity contribution in [3.05, 3.63) is 23.5 Å². The van der Waals surface area contributed by atoms with E-state index in [0.29, 0.717) is 11.9 Å². The fraction of sp³-hybridized carbons (Fsp3) is 0.647. The molecule has 0 unspecified atom stereocenters. The molecule has 3 heterocycles. The minimum atomic E-state index is 0.270. The summed E-state index contributed by atoms with van der Waals surface area (Å²) in [4.78, 5) is 20.1. The highest BCUT2D eigenvalue weighted by atomic mass is 15.3. The molecule has 2 aromatic heterocycles. The quantitative estimate of drug-likeness (QED) is 0.876. The molecule has 0 radical (unpaired) electrons. The summed E-state index contributed by atoms with van der Waals surface area (Å²) in [5.74, 6) is 3.64. The highest BCUT2D eigenvalue weighted by molar-refractivity contribution is 5.36. The summed E-state index contributed by atoms with van der Waals surface area (Å²) < 4.78 is 2.29. The van der Waals surface area contributed by atoms with Gasteiger partial charge < -0.3 is 14.8 Å². The smallest absolute Gasteiger partial charge is 0.229 e. The first kappa shape index (κ1) is 16.7. The molecular weight excluding hydrogens is 302 g/mol. The SMILES string of the molecule is CC(C)c1nc(NCCc2cn3c(n2)CCCC3)nc(N(C)C)n1. The van der Waals surface area contributed by atoms with Crippen molar-refractivity contribution in [3.63, 3.8) is 0 Å². The van der Waals surface area contributed by atoms with Crippen LogP contribution < -0.4 is 10.2 Å². The lowest BCUT2D eigenvalue weighted by Gasteiger charge is -2.14. The van der Waals surface area contributed by atoms with Gasteiger partial charge in [-0.25, -0.2) is 4.98 Å². The molecule has 2 aromatic rings. The Morgan fingerprint density at radius 2 is 2.00 bits per heavy atom. The Kier molecular flexibility index (Phi) is 4.97. The van der Waals surface area contributed by atoms with E-state index in [4.69, 9.17) is 4.98 Å². The van der Waals surface area contributed by atoms with Crippen LogP contribution in [0.2, 0.25) is 0 Å². The normalized spacial score (nSPS) is 13.9. The first-order valence-electron chi connectivity index (χ1n) is 8.75. The van der Waals surface area contributed by atoms with Crippen LogP contribution in [-0.2, 0) is 19.4 Å². The average Bonchev–Trinajstić information content (AvgIpc) is 2.97. The van der Waals surface area contributed by atoms with Crippen LogP contribution >= 0.6 is 0 Å². The molecular formula is C17H27N7. The van der Waals surface area contributed by atoms with Gasteiger partial charge in [-0.3, -0.25) is 0 Å². The van der Waals surface area contributed by atoms with Gasteiger partial charge in [-0.2, -0.15) is 15.0 Å². The minimum absolute atomic E-state index is 0.270. The number of hydrogen-bond donors (Lipinski definition) is 1. The molecule has 0 aromatic carbocycles. The monoisotopic (exact) mass is 329 g/mol. The standard InChI is InChI=1S/C17H27N7/c1-12(2)15-20-16(22-17(21-15)23(3)4)18-9-8-13-11-24-10-6-5-7-14(24)19-13/h11-12H,5-10H2,1-4H3,(H,18,20,21,22). The van der Waals surface area contributed by atoms with Gasteiger partial charge in [0.2, 0.25) is 11.9 Å². The van der Waals surface area contributed by atoms with Gasteiger partial charge >= 0.3 is 0 Å². The second kappa shape index (κ2) is 7.15. The van der Waals surface area contributed by atoms with Crippen molar-refractivity contribution in [2.75, 3.05) is 30.9 Å². The Morgan fingerprint density at radius 1 is 1.17 bits per heavy atom. The molecule has 7 heteroatoms. The van der Waals surface area contributed by atoms with Gasteiger partial charge in [0.1, 0.15) is 11.6 Å². The number of anilines is 2. The lowest BCUT2D eigenvalue weighted by Crippen LogP contribution is -2.18. The summed E-state index contributed by atoms with van der Waals surface area (Å²) in [5.41, 5.74) is 1.14. The summed E-state index contributed by atoms with van der Waals surface area (Å²) in [6, 6.07) is 0. The molecule has 3 rings (SSSR count). The number of aromatic nitrogens is 5. The molecule has 1 N–H and O–H groups in total. The molecule has 7 nitrogen and oxygen atoms in total. The predicted octanol–water partition coefficient (Wildman–Crippen LogP) is 2.25. The van der Waals surface area contributed by atoms with Gasteiger partial charge in [0.25, 0.3) is 0 Å². The number of hydrogen-bond acceptors (Lipinski definition) is 6. The van der Waals surface area contributed by atoms with Crippen LogP contribution in [0.15, 0.2) is 6.20 Å². The zero-order valence-corrected chi connectivity index (χ0v) is 15.1. The third-order valence-corrected chi connectivity index (χ3v) is 4.18. The van der Waals surface area contributed by atoms with E-state index in [-0.39, 0.29) is 5.92 Å². The van der Waals surface area contributed by atoms with Crippen LogP contribution in [0, 0.1) is 0 Å². The van der Waals surface area contributed by atoms with Crippen LogP contribution in [-0.4, -0.2) is 45.1 Å². The van der Waals surface area contributed by atoms with Crippen LogP contribution in [0.25, 0.3) is 0 Å². The number of imidazole rings is 1. The largest absolute Gasteiger partial charge is 0.354 e. The molecule has 0 aliphatic carbocycles. The van der Waals surface area contributed by atoms with E-state index in [1.165, 1.54) is 18.7 Å². The fourth-order valence-corrected chi connectivity index (χ4v) is 2.81. The van der Waals surface area contributed by atoms with Crippen LogP contribution in [0.1, 0.15) is 49.9 Å². The molecule has 0 amide bonds. The Hall–Kier alpha value is -2.18. The summed E-state index contributed by atoms with van der Waals surface area (Å²) >= 11 is 0. The van der Waals surface area contributed by atoms with Crippen LogP contribution in [0.5, 0.6) is 0 Å². The summed E-state index contributed by atoms with van der Waals surface area (Å²) in [5, 5.41) is 3.33. The first-order valence-corrected chi connectivity index (χ1v) is 8.75. The second-order valence-electron chi connectivity index (χ2n) is 6.84. The Morgan fingerprint density at radius 3 is 2.71 bits per heavy atom. The molecule has 0 atom stereocenters. The molecule has 0 saturated heterocycles. The number of nitrogens with zero attached hydrogens (tertiary/aromatic N) is 6. The lowest BCUT2D eigenvalue weighted by molar-refractivity contribution is 0.522. The van der Waals surface area contributed by atoms with Gasteiger partial charge in [0.15, 0.2) is 0 Å². The van der Waals surface area contributed by atoms with E-state index < -0.39 is 0 Å². The van der Waals surface area contributed by atoms with Crippen molar-refractivity contribution in [2.45, 2.75) is 52.0 Å². The van der Waals surface area contributed by atoms with Crippen molar-refractivity contribution in [1.29, 1.82) is 0 Å². The van der Waals surface area contributed by atoms with Gasteiger partial charge in [-0.05, 0) is 12.8 Å². The summed E-state index contributed by atoms with van der Waals surface area (Å²) in [7, 11) is 3.89. The molecule has 0 spiro atoms. The number of fused-ring (bicyclic) bond motifs is 1. The fourth-order valence-electron chi connectivity index (χ4n) is 2.81. The lowest BCUT2D eigenvalue weighted by atomic mass is 10.2. The molecule has 0 saturated carbocycles. The van der Waals surface area contributed by atoms with Gasteiger partial charge in [0, 0.05) is 52.1 Å². The Labute approximate surface area is 143 Å². The van der Waals surface area contributed by atoms with E-state index in [0.717, 1.165) is 37.4 Å². The number of aryl methyl sites for hydroxylation is 2. The van der Waals surface area contributed by atoms with Gasteiger partial charge in [-0.15, -0.1) is 0 Å². The maximum absolute atomic E-state index is 4.74. The molecule has 0 fully saturated rings. The molecule has 1 aliphatic heterocycles. The van der Waals surface area contributed by atoms with E-state index in [9.17, 15) is 0 Å². The summed E-state index contributed by atoms with van der Waals surface area (Å²) in [6.07, 6.45) is 6.68. The van der Waals surface area contributed by atoms with Crippen LogP contribution in [0.3, 0.4) is 0 Å². The van der Waals surface area contributed by atoms with Crippen molar-refractivity contribution in [2.24, 2.45) is 0 Å². The zero-order valence-electron chi connectivity index (χ0n) is 15.1. The van der Waals surface area contributed by atoms with Crippen molar-refractivity contribution in [1.82, 2.24) is 24.5 Å². The maximum Gasteiger partial charge on any atom is 0.229 e. The zero-order chi connectivity index (χ0) is 17.1. The van der Waals surface area contributed by atoms with E-state index in [2.05, 4.69) is 44.9 Å². The highest BCUT2D eigenvalue weighted by Crippen LogP contribution is 2.16. The molecule has 1 aliphatic rings. The third kappa shape index (κ3) is 3.83. The third-order valence-electron chi connectivity index (χ3n) is 4.18. The molecule has 130 valence electrons. The second-order valence-corrected chi connectivity index (χ2v) is 6.84. The molecule has 24 heavy (non-hydrogen) atoms. The number of nitrogens with one attached hydrogen (secondary N) is 1. The predicted molar refractivity (Wildman–Crippen MR) is 95.6 cm³/mol. The van der Waals surface area contributed by atoms with E-state index in [1.54, 1.807) is 0 Å². The number of rotatable bonds is 6. The van der Waals surface area contributed by atoms with Crippen molar-refractivity contribution in [3.8, 4) is 0 Å². The molecule has 0 bridgehead atoms. The summed E-state index contributed by atoms with van der Waals surface area (Å²) in [6.45, 7) is 6.06. The Balaban J connectivity index is 1.64. The van der Waals surface area contributed by atoms with Gasteiger partial charge in [-0.1, -0.05) is 13.8 Å². The first-order chi connectivity index (χ1) is 11.5. The highest BCUT2D eigenvalue weighted by Gasteiger charge is 2.13. The topological polar surface area (TPSA) is 71.8 Å². The van der Waals surface area contributed by atoms with Gasteiger partial charge in [0.05, 0.1) is 5.69 Å².